The fourth-order valence-corrected chi connectivity index (χ4v) is 4.49. The van der Waals surface area contributed by atoms with E-state index in [0.717, 1.165) is 57.1 Å². The monoisotopic (exact) mass is 336 g/mol. The number of hydrogen-bond donors (Lipinski definition) is 1. The zero-order valence-corrected chi connectivity index (χ0v) is 15.8. The van der Waals surface area contributed by atoms with Crippen LogP contribution in [0.25, 0.3) is 0 Å². The third-order valence-electron chi connectivity index (χ3n) is 5.63. The highest BCUT2D eigenvalue weighted by Gasteiger charge is 2.32. The maximum absolute atomic E-state index is 6.06. The minimum atomic E-state index is 0.266. The minimum absolute atomic E-state index is 0.266. The summed E-state index contributed by atoms with van der Waals surface area (Å²) in [6.45, 7) is 14.0. The Morgan fingerprint density at radius 3 is 2.92 bits per heavy atom. The van der Waals surface area contributed by atoms with Crippen LogP contribution in [-0.2, 0) is 4.74 Å². The van der Waals surface area contributed by atoms with Crippen LogP contribution in [0, 0.1) is 11.8 Å². The topological polar surface area (TPSA) is 40.1 Å². The van der Waals surface area contributed by atoms with Gasteiger partial charge in [-0.05, 0) is 51.0 Å². The molecule has 0 aromatic carbocycles. The summed E-state index contributed by atoms with van der Waals surface area (Å²) in [5.74, 6) is 2.71. The van der Waals surface area contributed by atoms with E-state index in [-0.39, 0.29) is 6.10 Å². The zero-order valence-electron chi connectivity index (χ0n) is 15.8. The van der Waals surface area contributed by atoms with Crippen molar-refractivity contribution in [2.45, 2.75) is 58.6 Å². The van der Waals surface area contributed by atoms with Gasteiger partial charge < -0.3 is 15.0 Å². The van der Waals surface area contributed by atoms with Gasteiger partial charge in [0.25, 0.3) is 0 Å². The number of rotatable bonds is 5. The van der Waals surface area contributed by atoms with E-state index in [0.29, 0.717) is 6.04 Å². The van der Waals surface area contributed by atoms with Crippen LogP contribution in [0.4, 0.5) is 0 Å². The quantitative estimate of drug-likeness (QED) is 0.617. The number of nitrogens with zero attached hydrogens (tertiary/aromatic N) is 3. The molecule has 3 fully saturated rings. The first-order chi connectivity index (χ1) is 11.7. The average molecular weight is 337 g/mol. The number of fused-ring (bicyclic) bond motifs is 1. The lowest BCUT2D eigenvalue weighted by Gasteiger charge is -2.34. The Bertz CT molecular complexity index is 426. The molecule has 3 heterocycles. The van der Waals surface area contributed by atoms with Gasteiger partial charge >= 0.3 is 0 Å². The van der Waals surface area contributed by atoms with Crippen molar-refractivity contribution in [2.24, 2.45) is 16.8 Å². The second-order valence-corrected chi connectivity index (χ2v) is 8.17. The van der Waals surface area contributed by atoms with Gasteiger partial charge in [0.1, 0.15) is 0 Å². The average Bonchev–Trinajstić information content (AvgIpc) is 3.19. The molecule has 0 aromatic rings. The maximum atomic E-state index is 6.06. The van der Waals surface area contributed by atoms with Crippen molar-refractivity contribution in [3.63, 3.8) is 0 Å². The van der Waals surface area contributed by atoms with Gasteiger partial charge in [0.2, 0.25) is 0 Å². The van der Waals surface area contributed by atoms with Crippen molar-refractivity contribution in [2.75, 3.05) is 45.9 Å². The number of likely N-dealkylation sites (tertiary alicyclic amines) is 1. The number of nitrogens with one attached hydrogen (secondary N) is 1. The van der Waals surface area contributed by atoms with Gasteiger partial charge in [0.15, 0.2) is 5.96 Å². The molecule has 3 aliphatic rings. The van der Waals surface area contributed by atoms with Crippen LogP contribution in [0.15, 0.2) is 4.99 Å². The summed E-state index contributed by atoms with van der Waals surface area (Å²) >= 11 is 0. The molecule has 3 atom stereocenters. The number of hydrogen-bond acceptors (Lipinski definition) is 3. The van der Waals surface area contributed by atoms with E-state index >= 15 is 0 Å². The first-order valence-electron chi connectivity index (χ1n) is 10.0. The molecule has 0 radical (unpaired) electrons. The Morgan fingerprint density at radius 1 is 1.25 bits per heavy atom. The van der Waals surface area contributed by atoms with Gasteiger partial charge in [-0.2, -0.15) is 0 Å². The van der Waals surface area contributed by atoms with Gasteiger partial charge in [-0.25, -0.2) is 0 Å². The molecule has 3 saturated heterocycles. The van der Waals surface area contributed by atoms with Gasteiger partial charge in [-0.1, -0.05) is 13.8 Å². The molecule has 0 amide bonds. The SMILES string of the molecule is CCNC(=NCC1CN2CCCC2CO1)N1CCC(CC(C)C)C1. The van der Waals surface area contributed by atoms with E-state index in [1.54, 1.807) is 0 Å². The predicted molar refractivity (Wildman–Crippen MR) is 99.4 cm³/mol. The largest absolute Gasteiger partial charge is 0.373 e. The Hall–Kier alpha value is -0.810. The number of ether oxygens (including phenoxy) is 1. The van der Waals surface area contributed by atoms with Crippen LogP contribution < -0.4 is 5.32 Å². The Balaban J connectivity index is 1.52. The standard InChI is InChI=1S/C19H36N4O/c1-4-20-19(23-9-7-16(12-23)10-15(2)3)21-11-18-13-22-8-5-6-17(22)14-24-18/h15-18H,4-14H2,1-3H3,(H,20,21). The molecule has 0 spiro atoms. The summed E-state index contributed by atoms with van der Waals surface area (Å²) in [4.78, 5) is 9.99. The molecule has 24 heavy (non-hydrogen) atoms. The highest BCUT2D eigenvalue weighted by molar-refractivity contribution is 5.80. The molecular weight excluding hydrogens is 300 g/mol. The van der Waals surface area contributed by atoms with Crippen LogP contribution >= 0.6 is 0 Å². The number of morpholine rings is 1. The molecule has 0 bridgehead atoms. The maximum Gasteiger partial charge on any atom is 0.194 e. The molecule has 1 N–H and O–H groups in total. The van der Waals surface area contributed by atoms with Crippen LogP contribution in [-0.4, -0.2) is 73.8 Å². The third-order valence-corrected chi connectivity index (χ3v) is 5.63. The summed E-state index contributed by atoms with van der Waals surface area (Å²) < 4.78 is 6.06. The first-order valence-corrected chi connectivity index (χ1v) is 10.0. The fraction of sp³-hybridized carbons (Fsp3) is 0.947. The summed E-state index contributed by atoms with van der Waals surface area (Å²) in [6, 6.07) is 0.675. The van der Waals surface area contributed by atoms with Gasteiger partial charge in [0.05, 0.1) is 19.3 Å². The smallest absolute Gasteiger partial charge is 0.194 e. The van der Waals surface area contributed by atoms with Crippen molar-refractivity contribution < 1.29 is 4.74 Å². The van der Waals surface area contributed by atoms with Crippen molar-refractivity contribution in [1.29, 1.82) is 0 Å². The van der Waals surface area contributed by atoms with Gasteiger partial charge in [-0.15, -0.1) is 0 Å². The Labute approximate surface area is 147 Å². The predicted octanol–water partition coefficient (Wildman–Crippen LogP) is 2.18. The minimum Gasteiger partial charge on any atom is -0.373 e. The summed E-state index contributed by atoms with van der Waals surface area (Å²) in [6.07, 6.45) is 5.54. The lowest BCUT2D eigenvalue weighted by molar-refractivity contribution is -0.0432. The number of guanidine groups is 1. The van der Waals surface area contributed by atoms with Gasteiger partial charge in [-0.3, -0.25) is 9.89 Å². The molecule has 5 nitrogen and oxygen atoms in total. The highest BCUT2D eigenvalue weighted by atomic mass is 16.5. The first kappa shape index (κ1) is 18.0. The van der Waals surface area contributed by atoms with E-state index < -0.39 is 0 Å². The summed E-state index contributed by atoms with van der Waals surface area (Å²) in [5.41, 5.74) is 0. The van der Waals surface area contributed by atoms with Crippen LogP contribution in [0.3, 0.4) is 0 Å². The molecule has 138 valence electrons. The van der Waals surface area contributed by atoms with Crippen molar-refractivity contribution in [1.82, 2.24) is 15.1 Å². The summed E-state index contributed by atoms with van der Waals surface area (Å²) in [7, 11) is 0. The second kappa shape index (κ2) is 8.52. The van der Waals surface area contributed by atoms with Crippen LogP contribution in [0.2, 0.25) is 0 Å². The van der Waals surface area contributed by atoms with Crippen molar-refractivity contribution >= 4 is 5.96 Å². The van der Waals surface area contributed by atoms with Crippen LogP contribution in [0.5, 0.6) is 0 Å². The van der Waals surface area contributed by atoms with E-state index in [1.165, 1.54) is 32.2 Å². The molecule has 0 aromatic heterocycles. The van der Waals surface area contributed by atoms with E-state index in [1.807, 2.05) is 0 Å². The molecule has 5 heteroatoms. The van der Waals surface area contributed by atoms with Crippen molar-refractivity contribution in [3.8, 4) is 0 Å². The molecule has 0 saturated carbocycles. The molecule has 3 aliphatic heterocycles. The normalized spacial score (nSPS) is 31.8. The molecule has 3 rings (SSSR count). The van der Waals surface area contributed by atoms with E-state index in [2.05, 4.69) is 35.9 Å². The van der Waals surface area contributed by atoms with Gasteiger partial charge in [0, 0.05) is 32.2 Å². The van der Waals surface area contributed by atoms with E-state index in [4.69, 9.17) is 9.73 Å². The summed E-state index contributed by atoms with van der Waals surface area (Å²) in [5, 5.41) is 3.49. The van der Waals surface area contributed by atoms with Crippen LogP contribution in [0.1, 0.15) is 46.5 Å². The number of aliphatic imine (C=N–C) groups is 1. The Morgan fingerprint density at radius 2 is 2.12 bits per heavy atom. The molecule has 3 unspecified atom stereocenters. The molecular formula is C19H36N4O. The Kier molecular flexibility index (Phi) is 6.39. The third kappa shape index (κ3) is 4.63. The van der Waals surface area contributed by atoms with Crippen molar-refractivity contribution in [3.05, 3.63) is 0 Å². The lowest BCUT2D eigenvalue weighted by atomic mass is 9.97. The van der Waals surface area contributed by atoms with E-state index in [9.17, 15) is 0 Å². The second-order valence-electron chi connectivity index (χ2n) is 8.17. The molecule has 0 aliphatic carbocycles. The lowest BCUT2D eigenvalue weighted by Crippen LogP contribution is -2.47. The fourth-order valence-electron chi connectivity index (χ4n) is 4.49. The highest BCUT2D eigenvalue weighted by Crippen LogP contribution is 2.24. The zero-order chi connectivity index (χ0) is 16.9.